The van der Waals surface area contributed by atoms with Crippen LogP contribution in [0.15, 0.2) is 60.5 Å². The quantitative estimate of drug-likeness (QED) is 0.432. The summed E-state index contributed by atoms with van der Waals surface area (Å²) in [5.41, 5.74) is 2.66. The zero-order valence-corrected chi connectivity index (χ0v) is 19.3. The maximum Gasteiger partial charge on any atom is 0.240 e. The van der Waals surface area contributed by atoms with E-state index in [1.54, 1.807) is 26.4 Å². The van der Waals surface area contributed by atoms with Gasteiger partial charge in [-0.1, -0.05) is 24.8 Å². The molecule has 0 fully saturated rings. The number of ether oxygens (including phenoxy) is 3. The molecule has 0 saturated heterocycles. The standard InChI is InChI=1S/C24H27N3O4S/c1-5-12-31-18-8-6-17(7-9-18)14-27(2)15-23(28)26-24-25-21(16-32-24)20-11-10-19(29-3)13-22(20)30-4/h5-11,13,16H,1,12,14-15H2,2-4H3,(H,25,26,28). The van der Waals surface area contributed by atoms with Crippen LogP contribution < -0.4 is 19.5 Å². The van der Waals surface area contributed by atoms with Crippen LogP contribution in [0.3, 0.4) is 0 Å². The Morgan fingerprint density at radius 2 is 1.91 bits per heavy atom. The van der Waals surface area contributed by atoms with Gasteiger partial charge in [0.2, 0.25) is 5.91 Å². The molecule has 8 heteroatoms. The topological polar surface area (TPSA) is 72.9 Å². The van der Waals surface area contributed by atoms with Crippen molar-refractivity contribution in [2.45, 2.75) is 6.54 Å². The maximum absolute atomic E-state index is 12.5. The molecule has 0 aliphatic rings. The normalized spacial score (nSPS) is 10.6. The predicted molar refractivity (Wildman–Crippen MR) is 128 cm³/mol. The highest BCUT2D eigenvalue weighted by Gasteiger charge is 2.14. The van der Waals surface area contributed by atoms with Crippen molar-refractivity contribution in [3.05, 3.63) is 66.1 Å². The summed E-state index contributed by atoms with van der Waals surface area (Å²) < 4.78 is 16.2. The molecule has 0 spiro atoms. The molecule has 1 N–H and O–H groups in total. The first-order valence-electron chi connectivity index (χ1n) is 10.0. The van der Waals surface area contributed by atoms with Crippen LogP contribution in [0.5, 0.6) is 17.2 Å². The van der Waals surface area contributed by atoms with E-state index in [2.05, 4.69) is 16.9 Å². The molecule has 168 valence electrons. The molecular formula is C24H27N3O4S. The highest BCUT2D eigenvalue weighted by atomic mass is 32.1. The SMILES string of the molecule is C=CCOc1ccc(CN(C)CC(=O)Nc2nc(-c3ccc(OC)cc3OC)cs2)cc1. The monoisotopic (exact) mass is 453 g/mol. The second kappa shape index (κ2) is 11.3. The van der Waals surface area contributed by atoms with Gasteiger partial charge in [0.05, 0.1) is 26.5 Å². The number of thiazole rings is 1. The van der Waals surface area contributed by atoms with Crippen LogP contribution in [0, 0.1) is 0 Å². The fourth-order valence-corrected chi connectivity index (χ4v) is 3.81. The van der Waals surface area contributed by atoms with E-state index in [0.717, 1.165) is 22.6 Å². The van der Waals surface area contributed by atoms with Gasteiger partial charge in [0.15, 0.2) is 5.13 Å². The lowest BCUT2D eigenvalue weighted by molar-refractivity contribution is -0.117. The molecule has 2 aromatic carbocycles. The minimum absolute atomic E-state index is 0.124. The van der Waals surface area contributed by atoms with E-state index >= 15 is 0 Å². The average molecular weight is 454 g/mol. The highest BCUT2D eigenvalue weighted by molar-refractivity contribution is 7.14. The zero-order chi connectivity index (χ0) is 22.9. The Hall–Kier alpha value is -3.36. The number of anilines is 1. The third-order valence-electron chi connectivity index (χ3n) is 4.59. The van der Waals surface area contributed by atoms with Crippen LogP contribution in [-0.2, 0) is 11.3 Å². The van der Waals surface area contributed by atoms with Gasteiger partial charge in [-0.3, -0.25) is 9.69 Å². The van der Waals surface area contributed by atoms with Crippen molar-refractivity contribution in [2.75, 3.05) is 39.7 Å². The molecule has 7 nitrogen and oxygen atoms in total. The number of amides is 1. The van der Waals surface area contributed by atoms with Crippen molar-refractivity contribution in [3.8, 4) is 28.5 Å². The van der Waals surface area contributed by atoms with Crippen molar-refractivity contribution in [2.24, 2.45) is 0 Å². The van der Waals surface area contributed by atoms with Crippen molar-refractivity contribution in [1.29, 1.82) is 0 Å². The summed E-state index contributed by atoms with van der Waals surface area (Å²) in [4.78, 5) is 19.0. The summed E-state index contributed by atoms with van der Waals surface area (Å²) in [6.07, 6.45) is 1.71. The fourth-order valence-electron chi connectivity index (χ4n) is 3.08. The summed E-state index contributed by atoms with van der Waals surface area (Å²) in [6.45, 7) is 5.00. The Morgan fingerprint density at radius 3 is 2.59 bits per heavy atom. The lowest BCUT2D eigenvalue weighted by atomic mass is 10.1. The van der Waals surface area contributed by atoms with E-state index < -0.39 is 0 Å². The second-order valence-electron chi connectivity index (χ2n) is 7.07. The fraction of sp³-hybridized carbons (Fsp3) is 0.250. The molecule has 1 amide bonds. The Balaban J connectivity index is 1.55. The van der Waals surface area contributed by atoms with Gasteiger partial charge in [0.25, 0.3) is 0 Å². The van der Waals surface area contributed by atoms with Crippen molar-refractivity contribution < 1.29 is 19.0 Å². The van der Waals surface area contributed by atoms with Crippen LogP contribution in [0.25, 0.3) is 11.3 Å². The number of hydrogen-bond acceptors (Lipinski definition) is 7. The van der Waals surface area contributed by atoms with Crippen LogP contribution in [-0.4, -0.2) is 50.2 Å². The molecule has 32 heavy (non-hydrogen) atoms. The van der Waals surface area contributed by atoms with Gasteiger partial charge in [-0.15, -0.1) is 11.3 Å². The average Bonchev–Trinajstić information content (AvgIpc) is 3.25. The molecule has 1 aromatic heterocycles. The molecule has 0 radical (unpaired) electrons. The Labute approximate surface area is 192 Å². The number of carbonyl (C=O) groups excluding carboxylic acids is 1. The third kappa shape index (κ3) is 6.32. The number of carbonyl (C=O) groups is 1. The zero-order valence-electron chi connectivity index (χ0n) is 18.5. The Bertz CT molecular complexity index is 1050. The first-order chi connectivity index (χ1) is 15.5. The number of benzene rings is 2. The van der Waals surface area contributed by atoms with Crippen molar-refractivity contribution >= 4 is 22.4 Å². The number of nitrogens with zero attached hydrogens (tertiary/aromatic N) is 2. The molecule has 1 heterocycles. The first-order valence-corrected chi connectivity index (χ1v) is 10.9. The number of likely N-dealkylation sites (N-methyl/N-ethyl adjacent to an activating group) is 1. The largest absolute Gasteiger partial charge is 0.497 e. The molecule has 0 aliphatic heterocycles. The number of hydrogen-bond donors (Lipinski definition) is 1. The lowest BCUT2D eigenvalue weighted by Crippen LogP contribution is -2.29. The number of rotatable bonds is 11. The summed E-state index contributed by atoms with van der Waals surface area (Å²) in [5.74, 6) is 2.03. The summed E-state index contributed by atoms with van der Waals surface area (Å²) >= 11 is 1.37. The van der Waals surface area contributed by atoms with Crippen LogP contribution in [0.4, 0.5) is 5.13 Å². The summed E-state index contributed by atoms with van der Waals surface area (Å²) in [6, 6.07) is 13.3. The van der Waals surface area contributed by atoms with Crippen LogP contribution >= 0.6 is 11.3 Å². The van der Waals surface area contributed by atoms with Gasteiger partial charge in [-0.2, -0.15) is 0 Å². The van der Waals surface area contributed by atoms with Gasteiger partial charge in [-0.05, 0) is 36.9 Å². The predicted octanol–water partition coefficient (Wildman–Crippen LogP) is 4.46. The lowest BCUT2D eigenvalue weighted by Gasteiger charge is -2.16. The van der Waals surface area contributed by atoms with Gasteiger partial charge in [-0.25, -0.2) is 4.98 Å². The maximum atomic E-state index is 12.5. The van der Waals surface area contributed by atoms with E-state index in [4.69, 9.17) is 14.2 Å². The third-order valence-corrected chi connectivity index (χ3v) is 5.35. The number of aromatic nitrogens is 1. The molecule has 0 saturated carbocycles. The van der Waals surface area contributed by atoms with Crippen molar-refractivity contribution in [1.82, 2.24) is 9.88 Å². The Kier molecular flexibility index (Phi) is 8.24. The van der Waals surface area contributed by atoms with E-state index in [9.17, 15) is 4.79 Å². The van der Waals surface area contributed by atoms with Crippen LogP contribution in [0.2, 0.25) is 0 Å². The van der Waals surface area contributed by atoms with E-state index in [1.807, 2.05) is 53.7 Å². The highest BCUT2D eigenvalue weighted by Crippen LogP contribution is 2.34. The number of nitrogens with one attached hydrogen (secondary N) is 1. The van der Waals surface area contributed by atoms with Crippen molar-refractivity contribution in [3.63, 3.8) is 0 Å². The van der Waals surface area contributed by atoms with Gasteiger partial charge in [0, 0.05) is 23.6 Å². The van der Waals surface area contributed by atoms with E-state index in [0.29, 0.717) is 29.8 Å². The summed E-state index contributed by atoms with van der Waals surface area (Å²) in [5, 5.41) is 5.30. The molecular weight excluding hydrogens is 426 g/mol. The van der Waals surface area contributed by atoms with Gasteiger partial charge < -0.3 is 19.5 Å². The summed E-state index contributed by atoms with van der Waals surface area (Å²) in [7, 11) is 5.11. The van der Waals surface area contributed by atoms with Gasteiger partial charge >= 0.3 is 0 Å². The molecule has 0 unspecified atom stereocenters. The minimum atomic E-state index is -0.124. The van der Waals surface area contributed by atoms with E-state index in [-0.39, 0.29) is 12.5 Å². The molecule has 3 rings (SSSR count). The second-order valence-corrected chi connectivity index (χ2v) is 7.93. The van der Waals surface area contributed by atoms with Crippen LogP contribution in [0.1, 0.15) is 5.56 Å². The molecule has 0 bridgehead atoms. The number of methoxy groups -OCH3 is 2. The molecule has 0 atom stereocenters. The van der Waals surface area contributed by atoms with E-state index in [1.165, 1.54) is 11.3 Å². The molecule has 0 aliphatic carbocycles. The first kappa shape index (κ1) is 23.3. The minimum Gasteiger partial charge on any atom is -0.497 e. The molecule has 3 aromatic rings. The smallest absolute Gasteiger partial charge is 0.240 e. The Morgan fingerprint density at radius 1 is 1.16 bits per heavy atom. The van der Waals surface area contributed by atoms with Gasteiger partial charge in [0.1, 0.15) is 23.9 Å².